The summed E-state index contributed by atoms with van der Waals surface area (Å²) in [6.45, 7) is 0.307. The predicted octanol–water partition coefficient (Wildman–Crippen LogP) is 2.17. The molecule has 0 N–H and O–H groups in total. The topological polar surface area (TPSA) is 63.7 Å². The first kappa shape index (κ1) is 16.4. The minimum absolute atomic E-state index is 0.236. The van der Waals surface area contributed by atoms with Crippen molar-refractivity contribution in [1.82, 2.24) is 0 Å². The molecule has 1 aliphatic rings. The molecule has 1 heterocycles. The van der Waals surface area contributed by atoms with Crippen LogP contribution in [0.2, 0.25) is 0 Å². The van der Waals surface area contributed by atoms with Gasteiger partial charge in [-0.2, -0.15) is 0 Å². The predicted molar refractivity (Wildman–Crippen MR) is 91.6 cm³/mol. The zero-order valence-electron chi connectivity index (χ0n) is 13.2. The fourth-order valence-electron chi connectivity index (χ4n) is 2.67. The number of rotatable bonds is 4. The Hall–Kier alpha value is -2.47. The van der Waals surface area contributed by atoms with Gasteiger partial charge in [0.2, 0.25) is 0 Å². The number of carbonyl (C=O) groups is 2. The molecule has 0 aromatic heterocycles. The van der Waals surface area contributed by atoms with Crippen molar-refractivity contribution in [3.63, 3.8) is 0 Å². The average molecular weight is 343 g/mol. The monoisotopic (exact) mass is 343 g/mol. The van der Waals surface area contributed by atoms with Crippen molar-refractivity contribution in [2.75, 3.05) is 24.3 Å². The smallest absolute Gasteiger partial charge is 0.338 e. The maximum atomic E-state index is 12.3. The summed E-state index contributed by atoms with van der Waals surface area (Å²) in [6.07, 6.45) is 2.38. The molecule has 5 nitrogen and oxygen atoms in total. The lowest BCUT2D eigenvalue weighted by Gasteiger charge is -2.17. The number of para-hydroxylation sites is 1. The Bertz CT molecular complexity index is 801. The van der Waals surface area contributed by atoms with Gasteiger partial charge in [0, 0.05) is 34.2 Å². The summed E-state index contributed by atoms with van der Waals surface area (Å²) in [6, 6.07) is 14.1. The molecule has 0 bridgehead atoms. The van der Waals surface area contributed by atoms with E-state index < -0.39 is 16.8 Å². The Morgan fingerprint density at radius 1 is 1.12 bits per heavy atom. The number of benzene rings is 2. The molecule has 1 aliphatic heterocycles. The van der Waals surface area contributed by atoms with Gasteiger partial charge in [-0.15, -0.1) is 0 Å². The van der Waals surface area contributed by atoms with Crippen LogP contribution in [0, 0.1) is 0 Å². The standard InChI is InChI=1S/C18H17NO4S/c1-24(22)15-8-6-14(7-9-15)18(21)23-12-17(20)19-11-10-13-4-2-3-5-16(13)19/h2-9H,10-12H2,1H3/t24-/m0/s1. The van der Waals surface area contributed by atoms with E-state index in [1.165, 1.54) is 0 Å². The van der Waals surface area contributed by atoms with Gasteiger partial charge < -0.3 is 9.64 Å². The summed E-state index contributed by atoms with van der Waals surface area (Å²) in [5.41, 5.74) is 2.34. The summed E-state index contributed by atoms with van der Waals surface area (Å²) in [7, 11) is -1.10. The second kappa shape index (κ2) is 6.97. The van der Waals surface area contributed by atoms with Crippen LogP contribution in [0.3, 0.4) is 0 Å². The maximum Gasteiger partial charge on any atom is 0.338 e. The van der Waals surface area contributed by atoms with Crippen molar-refractivity contribution >= 4 is 28.4 Å². The summed E-state index contributed by atoms with van der Waals surface area (Å²) in [5, 5.41) is 0. The molecular weight excluding hydrogens is 326 g/mol. The zero-order valence-corrected chi connectivity index (χ0v) is 14.0. The van der Waals surface area contributed by atoms with Gasteiger partial charge in [0.15, 0.2) is 6.61 Å². The highest BCUT2D eigenvalue weighted by atomic mass is 32.2. The van der Waals surface area contributed by atoms with Crippen molar-refractivity contribution in [1.29, 1.82) is 0 Å². The van der Waals surface area contributed by atoms with Gasteiger partial charge in [-0.25, -0.2) is 4.79 Å². The third-order valence-corrected chi connectivity index (χ3v) is 4.87. The largest absolute Gasteiger partial charge is 0.452 e. The van der Waals surface area contributed by atoms with Crippen molar-refractivity contribution in [3.8, 4) is 0 Å². The molecule has 6 heteroatoms. The van der Waals surface area contributed by atoms with Crippen LogP contribution in [0.1, 0.15) is 15.9 Å². The first-order chi connectivity index (χ1) is 11.6. The lowest BCUT2D eigenvalue weighted by atomic mass is 10.2. The van der Waals surface area contributed by atoms with Gasteiger partial charge >= 0.3 is 5.97 Å². The van der Waals surface area contributed by atoms with E-state index in [2.05, 4.69) is 0 Å². The van der Waals surface area contributed by atoms with Crippen LogP contribution in [-0.2, 0) is 26.8 Å². The fraction of sp³-hybridized carbons (Fsp3) is 0.222. The molecule has 2 aromatic carbocycles. The summed E-state index contributed by atoms with van der Waals surface area (Å²) < 4.78 is 16.4. The second-order valence-electron chi connectivity index (χ2n) is 5.48. The molecule has 0 radical (unpaired) electrons. The molecule has 0 saturated heterocycles. The van der Waals surface area contributed by atoms with Crippen LogP contribution in [0.15, 0.2) is 53.4 Å². The summed E-state index contributed by atoms with van der Waals surface area (Å²) in [4.78, 5) is 26.6. The van der Waals surface area contributed by atoms with E-state index in [0.717, 1.165) is 17.7 Å². The first-order valence-electron chi connectivity index (χ1n) is 7.55. The number of anilines is 1. The van der Waals surface area contributed by atoms with Crippen molar-refractivity contribution in [2.45, 2.75) is 11.3 Å². The van der Waals surface area contributed by atoms with Crippen molar-refractivity contribution in [3.05, 3.63) is 59.7 Å². The molecular formula is C18H17NO4S. The number of ether oxygens (including phenoxy) is 1. The first-order valence-corrected chi connectivity index (χ1v) is 9.11. The number of fused-ring (bicyclic) bond motifs is 1. The van der Waals surface area contributed by atoms with Gasteiger partial charge in [-0.1, -0.05) is 18.2 Å². The normalized spacial score (nSPS) is 14.1. The third kappa shape index (κ3) is 3.38. The van der Waals surface area contributed by atoms with E-state index in [9.17, 15) is 13.8 Å². The maximum absolute atomic E-state index is 12.3. The molecule has 0 aliphatic carbocycles. The molecule has 0 fully saturated rings. The highest BCUT2D eigenvalue weighted by Gasteiger charge is 2.25. The lowest BCUT2D eigenvalue weighted by Crippen LogP contribution is -2.33. The highest BCUT2D eigenvalue weighted by molar-refractivity contribution is 7.84. The van der Waals surface area contributed by atoms with Crippen LogP contribution in [0.5, 0.6) is 0 Å². The van der Waals surface area contributed by atoms with E-state index >= 15 is 0 Å². The van der Waals surface area contributed by atoms with E-state index in [0.29, 0.717) is 17.0 Å². The SMILES string of the molecule is C[S@](=O)c1ccc(C(=O)OCC(=O)N2CCc3ccccc32)cc1. The van der Waals surface area contributed by atoms with Crippen LogP contribution in [0.25, 0.3) is 0 Å². The molecule has 2 aromatic rings. The Morgan fingerprint density at radius 2 is 1.83 bits per heavy atom. The van der Waals surface area contributed by atoms with E-state index in [4.69, 9.17) is 4.74 Å². The highest BCUT2D eigenvalue weighted by Crippen LogP contribution is 2.27. The minimum Gasteiger partial charge on any atom is -0.452 e. The number of carbonyl (C=O) groups excluding carboxylic acids is 2. The quantitative estimate of drug-likeness (QED) is 0.798. The molecule has 0 spiro atoms. The molecule has 124 valence electrons. The number of hydrogen-bond acceptors (Lipinski definition) is 4. The van der Waals surface area contributed by atoms with E-state index in [1.54, 1.807) is 35.4 Å². The Balaban J connectivity index is 1.60. The Morgan fingerprint density at radius 3 is 2.54 bits per heavy atom. The van der Waals surface area contributed by atoms with Crippen molar-refractivity contribution in [2.24, 2.45) is 0 Å². The third-order valence-electron chi connectivity index (χ3n) is 3.94. The van der Waals surface area contributed by atoms with Gasteiger partial charge in [-0.3, -0.25) is 9.00 Å². The second-order valence-corrected chi connectivity index (χ2v) is 6.86. The molecule has 1 atom stereocenters. The number of hydrogen-bond donors (Lipinski definition) is 0. The number of nitrogens with zero attached hydrogens (tertiary/aromatic N) is 1. The fourth-order valence-corrected chi connectivity index (χ4v) is 3.19. The molecule has 1 amide bonds. The summed E-state index contributed by atoms with van der Waals surface area (Å²) >= 11 is 0. The zero-order chi connectivity index (χ0) is 17.1. The van der Waals surface area contributed by atoms with Crippen molar-refractivity contribution < 1.29 is 18.5 Å². The number of esters is 1. The lowest BCUT2D eigenvalue weighted by molar-refractivity contribution is -0.121. The van der Waals surface area contributed by atoms with Crippen LogP contribution in [-0.4, -0.2) is 35.5 Å². The summed E-state index contributed by atoms with van der Waals surface area (Å²) in [5.74, 6) is -0.802. The van der Waals surface area contributed by atoms with Crippen LogP contribution >= 0.6 is 0 Å². The van der Waals surface area contributed by atoms with Gasteiger partial charge in [0.05, 0.1) is 5.56 Å². The Kier molecular flexibility index (Phi) is 4.76. The molecule has 24 heavy (non-hydrogen) atoms. The van der Waals surface area contributed by atoms with Gasteiger partial charge in [0.25, 0.3) is 5.91 Å². The van der Waals surface area contributed by atoms with Crippen LogP contribution < -0.4 is 4.90 Å². The molecule has 0 unspecified atom stereocenters. The van der Waals surface area contributed by atoms with E-state index in [-0.39, 0.29) is 12.5 Å². The molecule has 0 saturated carbocycles. The molecule has 3 rings (SSSR count). The van der Waals surface area contributed by atoms with Gasteiger partial charge in [-0.05, 0) is 42.3 Å². The average Bonchev–Trinajstić information content (AvgIpc) is 3.03. The van der Waals surface area contributed by atoms with Gasteiger partial charge in [0.1, 0.15) is 0 Å². The Labute approximate surface area is 142 Å². The van der Waals surface area contributed by atoms with Crippen LogP contribution in [0.4, 0.5) is 5.69 Å². The minimum atomic E-state index is -1.10. The van der Waals surface area contributed by atoms with E-state index in [1.807, 2.05) is 24.3 Å². The number of amides is 1.